The second-order valence-corrected chi connectivity index (χ2v) is 7.37. The number of thiocarbonyl (C=S) groups is 2. The van der Waals surface area contributed by atoms with Gasteiger partial charge in [-0.3, -0.25) is 15.5 Å². The van der Waals surface area contributed by atoms with Crippen molar-refractivity contribution in [2.24, 2.45) is 5.73 Å². The summed E-state index contributed by atoms with van der Waals surface area (Å²) < 4.78 is 0.985. The first kappa shape index (κ1) is 22.9. The van der Waals surface area contributed by atoms with Crippen molar-refractivity contribution in [1.82, 2.24) is 10.6 Å². The van der Waals surface area contributed by atoms with Crippen molar-refractivity contribution in [3.8, 4) is 0 Å². The number of thioether (sulfide) groups is 1. The lowest BCUT2D eigenvalue weighted by Crippen LogP contribution is -2.29. The van der Waals surface area contributed by atoms with Crippen LogP contribution in [-0.4, -0.2) is 31.8 Å². The van der Waals surface area contributed by atoms with Gasteiger partial charge in [-0.2, -0.15) is 0 Å². The van der Waals surface area contributed by atoms with E-state index in [4.69, 9.17) is 11.1 Å². The zero-order valence-electron chi connectivity index (χ0n) is 12.4. The van der Waals surface area contributed by atoms with Crippen LogP contribution in [0, 0.1) is 15.5 Å². The molecule has 0 aliphatic rings. The van der Waals surface area contributed by atoms with E-state index in [0.29, 0.717) is 27.5 Å². The van der Waals surface area contributed by atoms with Crippen LogP contribution in [0.25, 0.3) is 0 Å². The van der Waals surface area contributed by atoms with E-state index >= 15 is 0 Å². The quantitative estimate of drug-likeness (QED) is 0.0785. The monoisotopic (exact) mass is 423 g/mol. The number of nitro groups is 1. The Labute approximate surface area is 166 Å². The summed E-state index contributed by atoms with van der Waals surface area (Å²) in [5.74, 6) is 0.563. The number of benzene rings is 1. The van der Waals surface area contributed by atoms with Crippen LogP contribution in [0.4, 0.5) is 5.69 Å². The molecule has 0 amide bonds. The lowest BCUT2D eigenvalue weighted by Gasteiger charge is -2.03. The van der Waals surface area contributed by atoms with Gasteiger partial charge in [0.15, 0.2) is 5.17 Å². The number of hydrogen-bond donors (Lipinski definition) is 6. The van der Waals surface area contributed by atoms with Crippen LogP contribution in [0.15, 0.2) is 24.3 Å². The zero-order valence-corrected chi connectivity index (χ0v) is 16.6. The topological polar surface area (TPSA) is 117 Å². The van der Waals surface area contributed by atoms with E-state index in [2.05, 4.69) is 60.3 Å². The lowest BCUT2D eigenvalue weighted by atomic mass is 10.2. The number of nitrogens with two attached hydrogens (primary N) is 1. The first-order chi connectivity index (χ1) is 11.2. The number of non-ortho nitro benzene ring substituents is 1. The van der Waals surface area contributed by atoms with Crippen LogP contribution in [0.3, 0.4) is 0 Å². The molecule has 0 saturated carbocycles. The first-order valence-electron chi connectivity index (χ1n) is 6.36. The highest BCUT2D eigenvalue weighted by Gasteiger charge is 2.03. The minimum absolute atomic E-state index is 0.0448. The minimum atomic E-state index is -0.443. The molecule has 1 rings (SSSR count). The normalized spacial score (nSPS) is 9.25. The van der Waals surface area contributed by atoms with Gasteiger partial charge in [0, 0.05) is 31.0 Å². The minimum Gasteiger partial charge on any atom is -0.379 e. The molecule has 0 radical (unpaired) electrons. The van der Waals surface area contributed by atoms with E-state index in [1.807, 2.05) is 0 Å². The van der Waals surface area contributed by atoms with Crippen LogP contribution in [0.1, 0.15) is 5.56 Å². The van der Waals surface area contributed by atoms with Crippen molar-refractivity contribution in [3.63, 3.8) is 0 Å². The fraction of sp³-hybridized carbons (Fsp3) is 0.250. The number of amidine groups is 1. The third-order valence-electron chi connectivity index (χ3n) is 2.22. The van der Waals surface area contributed by atoms with Crippen LogP contribution in [0.2, 0.25) is 0 Å². The van der Waals surface area contributed by atoms with E-state index in [1.54, 1.807) is 12.1 Å². The van der Waals surface area contributed by atoms with Crippen LogP contribution >= 0.6 is 61.5 Å². The first-order valence-corrected chi connectivity index (χ1v) is 9.05. The Kier molecular flexibility index (Phi) is 12.6. The summed E-state index contributed by atoms with van der Waals surface area (Å²) in [6, 6.07) is 6.20. The van der Waals surface area contributed by atoms with E-state index < -0.39 is 4.92 Å². The number of nitro benzene ring substituents is 1. The largest absolute Gasteiger partial charge is 0.379 e. The average Bonchev–Trinajstić information content (AvgIpc) is 2.50. The Morgan fingerprint density at radius 3 is 2.00 bits per heavy atom. The van der Waals surface area contributed by atoms with Gasteiger partial charge in [0.1, 0.15) is 8.64 Å². The molecule has 0 atom stereocenters. The molecular formula is C12H17N5O2S5. The van der Waals surface area contributed by atoms with Gasteiger partial charge in [-0.05, 0) is 5.56 Å². The molecule has 1 aromatic carbocycles. The highest BCUT2D eigenvalue weighted by molar-refractivity contribution is 8.13. The van der Waals surface area contributed by atoms with Gasteiger partial charge in [0.25, 0.3) is 5.69 Å². The third kappa shape index (κ3) is 13.4. The molecule has 1 aromatic rings. The summed E-state index contributed by atoms with van der Waals surface area (Å²) >= 11 is 18.2. The van der Waals surface area contributed by atoms with Crippen molar-refractivity contribution in [3.05, 3.63) is 39.9 Å². The van der Waals surface area contributed by atoms with Crippen LogP contribution in [-0.2, 0) is 5.75 Å². The van der Waals surface area contributed by atoms with Crippen molar-refractivity contribution in [2.75, 3.05) is 13.1 Å². The fourth-order valence-corrected chi connectivity index (χ4v) is 2.16. The predicted molar refractivity (Wildman–Crippen MR) is 115 cm³/mol. The zero-order chi connectivity index (χ0) is 18.5. The summed E-state index contributed by atoms with van der Waals surface area (Å²) in [6.07, 6.45) is 0. The molecule has 12 heteroatoms. The van der Waals surface area contributed by atoms with E-state index in [0.717, 1.165) is 5.56 Å². The number of rotatable bonds is 6. The van der Waals surface area contributed by atoms with Crippen molar-refractivity contribution in [2.45, 2.75) is 5.75 Å². The number of hydrogen-bond acceptors (Lipinski definition) is 6. The highest BCUT2D eigenvalue weighted by Crippen LogP contribution is 2.16. The Morgan fingerprint density at radius 1 is 1.21 bits per heavy atom. The van der Waals surface area contributed by atoms with Crippen molar-refractivity contribution < 1.29 is 4.92 Å². The smallest absolute Gasteiger partial charge is 0.269 e. The van der Waals surface area contributed by atoms with E-state index in [9.17, 15) is 10.1 Å². The van der Waals surface area contributed by atoms with Gasteiger partial charge < -0.3 is 16.4 Å². The molecule has 0 spiro atoms. The number of thiol groups is 2. The Hall–Kier alpha value is -1.08. The van der Waals surface area contributed by atoms with E-state index in [1.165, 1.54) is 23.9 Å². The second kappa shape index (κ2) is 13.2. The summed E-state index contributed by atoms with van der Waals surface area (Å²) in [5, 5.41) is 23.0. The van der Waals surface area contributed by atoms with Gasteiger partial charge >= 0.3 is 0 Å². The van der Waals surface area contributed by atoms with Crippen LogP contribution in [0.5, 0.6) is 0 Å². The Balaban J connectivity index is 0.000000470. The molecule has 0 heterocycles. The SMILES string of the molecule is N=C(N)SCc1ccc([N+](=O)[O-])cc1.S=C(S)NCCNC(=S)S. The predicted octanol–water partition coefficient (Wildman–Crippen LogP) is 2.32. The number of nitrogens with zero attached hydrogens (tertiary/aromatic N) is 1. The summed E-state index contributed by atoms with van der Waals surface area (Å²) in [7, 11) is 0. The van der Waals surface area contributed by atoms with Crippen molar-refractivity contribution >= 4 is 81.0 Å². The van der Waals surface area contributed by atoms with E-state index in [-0.39, 0.29) is 10.9 Å². The molecular weight excluding hydrogens is 407 g/mol. The molecule has 7 nitrogen and oxygen atoms in total. The van der Waals surface area contributed by atoms with Crippen LogP contribution < -0.4 is 16.4 Å². The molecule has 0 aliphatic heterocycles. The fourth-order valence-electron chi connectivity index (χ4n) is 1.21. The average molecular weight is 424 g/mol. The van der Waals surface area contributed by atoms with Gasteiger partial charge in [-0.1, -0.05) is 48.3 Å². The lowest BCUT2D eigenvalue weighted by molar-refractivity contribution is -0.384. The summed E-state index contributed by atoms with van der Waals surface area (Å²) in [6.45, 7) is 1.42. The molecule has 0 aromatic heterocycles. The van der Waals surface area contributed by atoms with Gasteiger partial charge in [-0.25, -0.2) is 0 Å². The molecule has 5 N–H and O–H groups in total. The summed E-state index contributed by atoms with van der Waals surface area (Å²) in [4.78, 5) is 9.88. The van der Waals surface area contributed by atoms with Gasteiger partial charge in [0.2, 0.25) is 0 Å². The maximum atomic E-state index is 10.3. The molecule has 132 valence electrons. The summed E-state index contributed by atoms with van der Waals surface area (Å²) in [5.41, 5.74) is 6.14. The third-order valence-corrected chi connectivity index (χ3v) is 3.61. The Bertz CT molecular complexity index is 566. The van der Waals surface area contributed by atoms with Gasteiger partial charge in [-0.15, -0.1) is 25.3 Å². The molecule has 0 bridgehead atoms. The molecule has 24 heavy (non-hydrogen) atoms. The second-order valence-electron chi connectivity index (χ2n) is 4.04. The number of nitrogens with one attached hydrogen (secondary N) is 3. The Morgan fingerprint density at radius 2 is 1.67 bits per heavy atom. The standard InChI is InChI=1S/C8H9N3O2S.C4H8N2S4/c9-8(10)14-5-6-1-3-7(4-2-6)11(12)13;7-3(8)5-1-2-6-4(9)10/h1-4H,5H2,(H3,9,10);1-2H2,(H2,5,7,8)(H2,6,9,10). The molecule has 0 unspecified atom stereocenters. The molecule has 0 saturated heterocycles. The molecule has 0 aliphatic carbocycles. The molecule has 0 fully saturated rings. The van der Waals surface area contributed by atoms with Gasteiger partial charge in [0.05, 0.1) is 4.92 Å². The maximum absolute atomic E-state index is 10.3. The van der Waals surface area contributed by atoms with Crippen molar-refractivity contribution in [1.29, 1.82) is 5.41 Å². The highest BCUT2D eigenvalue weighted by atomic mass is 32.2. The maximum Gasteiger partial charge on any atom is 0.269 e.